The number of aromatic nitrogens is 2. The molecule has 0 fully saturated rings. The summed E-state index contributed by atoms with van der Waals surface area (Å²) in [5, 5.41) is 18.5. The molecule has 4 rings (SSSR count). The summed E-state index contributed by atoms with van der Waals surface area (Å²) in [6, 6.07) is 2.36. The third-order valence-electron chi connectivity index (χ3n) is 6.12. The van der Waals surface area contributed by atoms with Gasteiger partial charge >= 0.3 is 12.0 Å². The first-order valence-corrected chi connectivity index (χ1v) is 12.2. The van der Waals surface area contributed by atoms with Gasteiger partial charge in [-0.3, -0.25) is 4.68 Å². The largest absolute Gasteiger partial charge is 0.477 e. The van der Waals surface area contributed by atoms with Crippen LogP contribution in [0.5, 0.6) is 0 Å². The van der Waals surface area contributed by atoms with Gasteiger partial charge in [-0.15, -0.1) is 0 Å². The monoisotopic (exact) mass is 477 g/mol. The second-order valence-electron chi connectivity index (χ2n) is 8.20. The number of carboxylic acid groups (broad SMARTS) is 1. The Labute approximate surface area is 191 Å². The molecule has 1 heterocycles. The third-order valence-corrected chi connectivity index (χ3v) is 7.32. The molecule has 1 unspecified atom stereocenters. The molecule has 1 aromatic carbocycles. The highest BCUT2D eigenvalue weighted by Gasteiger charge is 2.31. The van der Waals surface area contributed by atoms with Crippen molar-refractivity contribution in [3.63, 3.8) is 0 Å². The predicted molar refractivity (Wildman–Crippen MR) is 119 cm³/mol. The lowest BCUT2D eigenvalue weighted by Gasteiger charge is -2.19. The second-order valence-corrected chi connectivity index (χ2v) is 9.83. The second kappa shape index (κ2) is 9.12. The molecule has 0 aliphatic heterocycles. The number of nitrogens with zero attached hydrogens (tertiary/aromatic N) is 2. The van der Waals surface area contributed by atoms with Crippen LogP contribution in [0.3, 0.4) is 0 Å². The van der Waals surface area contributed by atoms with Crippen molar-refractivity contribution in [1.82, 2.24) is 19.8 Å². The van der Waals surface area contributed by atoms with Crippen molar-refractivity contribution < 1.29 is 27.9 Å². The summed E-state index contributed by atoms with van der Waals surface area (Å²) in [6.45, 7) is 1.31. The van der Waals surface area contributed by atoms with Gasteiger partial charge in [-0.25, -0.2) is 14.3 Å². The van der Waals surface area contributed by atoms with Gasteiger partial charge < -0.3 is 20.5 Å². The summed E-state index contributed by atoms with van der Waals surface area (Å²) in [6.07, 6.45) is 4.34. The fourth-order valence-corrected chi connectivity index (χ4v) is 5.52. The van der Waals surface area contributed by atoms with E-state index < -0.39 is 27.0 Å². The summed E-state index contributed by atoms with van der Waals surface area (Å²) in [5.74, 6) is -1.32. The molecule has 12 heteroatoms. The van der Waals surface area contributed by atoms with Gasteiger partial charge in [-0.05, 0) is 54.4 Å². The van der Waals surface area contributed by atoms with Crippen molar-refractivity contribution in [2.75, 3.05) is 25.6 Å². The Bertz CT molecular complexity index is 1210. The first-order valence-electron chi connectivity index (χ1n) is 10.7. The van der Waals surface area contributed by atoms with Crippen LogP contribution in [0.25, 0.3) is 0 Å². The third kappa shape index (κ3) is 4.59. The van der Waals surface area contributed by atoms with Crippen LogP contribution in [-0.2, 0) is 41.1 Å². The smallest absolute Gasteiger partial charge is 0.354 e. The number of rotatable bonds is 8. The lowest BCUT2D eigenvalue weighted by molar-refractivity contribution is 0.0685. The van der Waals surface area contributed by atoms with Crippen LogP contribution in [0.1, 0.15) is 51.6 Å². The number of carbonyl (C=O) groups is 2. The van der Waals surface area contributed by atoms with E-state index in [9.17, 15) is 18.0 Å². The van der Waals surface area contributed by atoms with Crippen molar-refractivity contribution in [2.24, 2.45) is 7.05 Å². The molecule has 2 amide bonds. The van der Waals surface area contributed by atoms with E-state index in [0.717, 1.165) is 59.5 Å². The number of fused-ring (bicyclic) bond motifs is 2. The number of hydrogen-bond acceptors (Lipinski definition) is 7. The van der Waals surface area contributed by atoms with Crippen LogP contribution >= 0.6 is 0 Å². The van der Waals surface area contributed by atoms with Crippen LogP contribution in [0.4, 0.5) is 10.5 Å². The minimum atomic E-state index is -4.35. The molecule has 0 radical (unpaired) electrons. The van der Waals surface area contributed by atoms with Crippen molar-refractivity contribution in [3.05, 3.63) is 40.1 Å². The summed E-state index contributed by atoms with van der Waals surface area (Å²) >= 11 is 0. The molecule has 0 saturated carbocycles. The fourth-order valence-electron chi connectivity index (χ4n) is 4.62. The zero-order valence-corrected chi connectivity index (χ0v) is 19.3. The summed E-state index contributed by atoms with van der Waals surface area (Å²) in [7, 11) is -1.38. The maximum absolute atomic E-state index is 12.7. The Kier molecular flexibility index (Phi) is 6.41. The standard InChI is InChI=1S/C21H27N5O6S/c1-26-17(20(27)28)11-18(24-26)33(30,31)25-21(29)23-19-13-5-3-4-12(13)10-15-14(19)6-7-16(15)22-8-9-32-2/h10-11,16,22H,3-9H2,1-2H3,(H,27,28)(H2,23,25,29). The van der Waals surface area contributed by atoms with Crippen molar-refractivity contribution in [3.8, 4) is 0 Å². The molecule has 1 aromatic heterocycles. The molecule has 33 heavy (non-hydrogen) atoms. The number of aryl methyl sites for hydroxylation is 2. The molecule has 4 N–H and O–H groups in total. The van der Waals surface area contributed by atoms with Gasteiger partial charge in [0.25, 0.3) is 10.0 Å². The zero-order chi connectivity index (χ0) is 23.8. The molecule has 2 aromatic rings. The van der Waals surface area contributed by atoms with Gasteiger partial charge in [0.05, 0.1) is 6.61 Å². The highest BCUT2D eigenvalue weighted by molar-refractivity contribution is 7.90. The molecule has 0 saturated heterocycles. The first-order chi connectivity index (χ1) is 15.7. The molecule has 1 atom stereocenters. The Hall–Kier alpha value is -2.96. The molecule has 2 aliphatic rings. The van der Waals surface area contributed by atoms with Crippen molar-refractivity contribution in [2.45, 2.75) is 43.2 Å². The lowest BCUT2D eigenvalue weighted by atomic mass is 9.97. The number of hydrogen-bond donors (Lipinski definition) is 4. The number of amides is 2. The minimum absolute atomic E-state index is 0.149. The summed E-state index contributed by atoms with van der Waals surface area (Å²) in [5.41, 5.74) is 4.73. The van der Waals surface area contributed by atoms with Gasteiger partial charge in [0.15, 0.2) is 5.03 Å². The van der Waals surface area contributed by atoms with Crippen LogP contribution in [0, 0.1) is 0 Å². The average Bonchev–Trinajstić information content (AvgIpc) is 3.46. The number of urea groups is 1. The van der Waals surface area contributed by atoms with E-state index in [4.69, 9.17) is 9.84 Å². The number of ether oxygens (including phenoxy) is 1. The topological polar surface area (TPSA) is 152 Å². The predicted octanol–water partition coefficient (Wildman–Crippen LogP) is 1.34. The Balaban J connectivity index is 1.57. The number of carbonyl (C=O) groups excluding carboxylic acids is 1. The van der Waals surface area contributed by atoms with E-state index in [0.29, 0.717) is 18.8 Å². The maximum atomic E-state index is 12.7. The quantitative estimate of drug-likeness (QED) is 0.416. The zero-order valence-electron chi connectivity index (χ0n) is 18.5. The Morgan fingerprint density at radius 1 is 1.24 bits per heavy atom. The maximum Gasteiger partial charge on any atom is 0.354 e. The highest BCUT2D eigenvalue weighted by atomic mass is 32.2. The van der Waals surface area contributed by atoms with Crippen molar-refractivity contribution in [1.29, 1.82) is 0 Å². The lowest BCUT2D eigenvalue weighted by Crippen LogP contribution is -2.35. The molecule has 2 aliphatic carbocycles. The number of carboxylic acids is 1. The van der Waals surface area contributed by atoms with Gasteiger partial charge in [0.2, 0.25) is 0 Å². The normalized spacial score (nSPS) is 17.0. The molecule has 0 spiro atoms. The van der Waals surface area contributed by atoms with Crippen LogP contribution < -0.4 is 15.4 Å². The molecule has 0 bridgehead atoms. The van der Waals surface area contributed by atoms with E-state index in [1.54, 1.807) is 7.11 Å². The molecular formula is C21H27N5O6S. The summed E-state index contributed by atoms with van der Waals surface area (Å²) < 4.78 is 33.3. The number of methoxy groups -OCH3 is 1. The molecular weight excluding hydrogens is 450 g/mol. The number of aromatic carboxylic acids is 1. The number of nitrogens with one attached hydrogen (secondary N) is 3. The average molecular weight is 478 g/mol. The van der Waals surface area contributed by atoms with E-state index in [2.05, 4.69) is 21.8 Å². The molecule has 178 valence electrons. The number of benzene rings is 1. The van der Waals surface area contributed by atoms with Gasteiger partial charge in [-0.2, -0.15) is 13.5 Å². The Morgan fingerprint density at radius 3 is 2.73 bits per heavy atom. The SMILES string of the molecule is COCCNC1CCc2c1cc1c(c2NC(=O)NS(=O)(=O)c2cc(C(=O)O)n(C)n2)CCC1. The van der Waals surface area contributed by atoms with Gasteiger partial charge in [0, 0.05) is 38.5 Å². The van der Waals surface area contributed by atoms with E-state index >= 15 is 0 Å². The van der Waals surface area contributed by atoms with Crippen LogP contribution in [-0.4, -0.2) is 55.6 Å². The molecule has 11 nitrogen and oxygen atoms in total. The summed E-state index contributed by atoms with van der Waals surface area (Å²) in [4.78, 5) is 23.9. The fraction of sp³-hybridized carbons (Fsp3) is 0.476. The van der Waals surface area contributed by atoms with Gasteiger partial charge in [0.1, 0.15) is 5.69 Å². The number of sulfonamides is 1. The van der Waals surface area contributed by atoms with E-state index in [1.165, 1.54) is 12.6 Å². The van der Waals surface area contributed by atoms with E-state index in [1.807, 2.05) is 4.72 Å². The van der Waals surface area contributed by atoms with Gasteiger partial charge in [-0.1, -0.05) is 6.07 Å². The highest BCUT2D eigenvalue weighted by Crippen LogP contribution is 2.42. The number of anilines is 1. The van der Waals surface area contributed by atoms with Crippen LogP contribution in [0.15, 0.2) is 17.2 Å². The van der Waals surface area contributed by atoms with Crippen LogP contribution in [0.2, 0.25) is 0 Å². The minimum Gasteiger partial charge on any atom is -0.477 e. The van der Waals surface area contributed by atoms with E-state index in [-0.39, 0.29) is 11.7 Å². The first kappa shape index (κ1) is 23.2. The Morgan fingerprint density at radius 2 is 2.03 bits per heavy atom. The van der Waals surface area contributed by atoms with Crippen molar-refractivity contribution >= 4 is 27.7 Å².